The fourth-order valence-corrected chi connectivity index (χ4v) is 6.30. The van der Waals surface area contributed by atoms with E-state index in [0.717, 1.165) is 42.2 Å². The normalized spacial score (nSPS) is 11.7. The van der Waals surface area contributed by atoms with Crippen molar-refractivity contribution in [3.8, 4) is 39.3 Å². The molecule has 3 nitrogen and oxygen atoms in total. The molecule has 216 valence electrons. The van der Waals surface area contributed by atoms with E-state index in [1.165, 1.54) is 55.6 Å². The lowest BCUT2D eigenvalue weighted by atomic mass is 9.86. The van der Waals surface area contributed by atoms with Gasteiger partial charge in [-0.25, -0.2) is 0 Å². The first kappa shape index (κ1) is 29.5. The Morgan fingerprint density at radius 3 is 1.71 bits per heavy atom. The minimum absolute atomic E-state index is 0.117. The van der Waals surface area contributed by atoms with E-state index in [0.29, 0.717) is 0 Å². The van der Waals surface area contributed by atoms with Gasteiger partial charge in [0.2, 0.25) is 0 Å². The van der Waals surface area contributed by atoms with Crippen LogP contribution in [0.1, 0.15) is 79.2 Å². The Morgan fingerprint density at radius 2 is 1.14 bits per heavy atom. The molecule has 0 aliphatic heterocycles. The minimum atomic E-state index is -0.117. The molecule has 5 rings (SSSR count). The van der Waals surface area contributed by atoms with Gasteiger partial charge in [0, 0.05) is 11.0 Å². The molecule has 3 heteroatoms. The van der Waals surface area contributed by atoms with Crippen LogP contribution in [0.15, 0.2) is 72.8 Å². The highest BCUT2D eigenvalue weighted by Gasteiger charge is 2.30. The third-order valence-corrected chi connectivity index (χ3v) is 8.64. The van der Waals surface area contributed by atoms with E-state index < -0.39 is 0 Å². The van der Waals surface area contributed by atoms with Crippen molar-refractivity contribution in [1.82, 2.24) is 14.8 Å². The molecule has 0 unspecified atom stereocenters. The zero-order chi connectivity index (χ0) is 30.2. The van der Waals surface area contributed by atoms with E-state index in [9.17, 15) is 0 Å². The number of aromatic nitrogens is 3. The van der Waals surface area contributed by atoms with Gasteiger partial charge in [-0.1, -0.05) is 111 Å². The van der Waals surface area contributed by atoms with Gasteiger partial charge in [0.15, 0.2) is 5.82 Å². The molecule has 0 saturated heterocycles. The number of aryl methyl sites for hydroxylation is 6. The van der Waals surface area contributed by atoms with Crippen molar-refractivity contribution in [3.05, 3.63) is 112 Å². The smallest absolute Gasteiger partial charge is 0.168 e. The van der Waals surface area contributed by atoms with Gasteiger partial charge in [-0.2, -0.15) is 0 Å². The molecule has 1 heterocycles. The van der Waals surface area contributed by atoms with Crippen molar-refractivity contribution < 1.29 is 0 Å². The lowest BCUT2D eigenvalue weighted by Crippen LogP contribution is -2.23. The van der Waals surface area contributed by atoms with Gasteiger partial charge in [-0.3, -0.25) is 4.57 Å². The van der Waals surface area contributed by atoms with Crippen molar-refractivity contribution in [2.75, 3.05) is 0 Å². The quantitative estimate of drug-likeness (QED) is 0.191. The second-order valence-electron chi connectivity index (χ2n) is 12.9. The number of hydrogen-bond acceptors (Lipinski definition) is 2. The summed E-state index contributed by atoms with van der Waals surface area (Å²) in [6, 6.07) is 27.0. The maximum atomic E-state index is 4.92. The summed E-state index contributed by atoms with van der Waals surface area (Å²) in [4.78, 5) is 0. The molecule has 0 spiro atoms. The van der Waals surface area contributed by atoms with Crippen LogP contribution in [0.4, 0.5) is 0 Å². The van der Waals surface area contributed by atoms with Crippen LogP contribution in [0, 0.1) is 41.5 Å². The molecule has 0 bridgehead atoms. The molecular weight excluding hydrogens is 510 g/mol. The highest BCUT2D eigenvalue weighted by atomic mass is 15.3. The monoisotopic (exact) mass is 555 g/mol. The zero-order valence-electron chi connectivity index (χ0n) is 26.9. The highest BCUT2D eigenvalue weighted by molar-refractivity contribution is 5.89. The number of benzene rings is 4. The van der Waals surface area contributed by atoms with Crippen LogP contribution in [0.25, 0.3) is 39.3 Å². The Morgan fingerprint density at radius 1 is 0.595 bits per heavy atom. The van der Waals surface area contributed by atoms with E-state index in [1.54, 1.807) is 0 Å². The first-order valence-corrected chi connectivity index (χ1v) is 15.3. The van der Waals surface area contributed by atoms with Crippen molar-refractivity contribution in [1.29, 1.82) is 0 Å². The van der Waals surface area contributed by atoms with Crippen LogP contribution in [0.5, 0.6) is 0 Å². The lowest BCUT2D eigenvalue weighted by Gasteiger charge is -2.26. The molecule has 5 aromatic rings. The first-order chi connectivity index (χ1) is 20.0. The molecular formula is C39H45N3. The maximum absolute atomic E-state index is 4.92. The molecule has 0 radical (unpaired) electrons. The Labute approximate surface area is 252 Å². The van der Waals surface area contributed by atoms with E-state index in [4.69, 9.17) is 10.2 Å². The number of rotatable bonds is 8. The van der Waals surface area contributed by atoms with Crippen molar-refractivity contribution in [2.45, 2.75) is 87.0 Å². The summed E-state index contributed by atoms with van der Waals surface area (Å²) in [5.74, 6) is 1.91. The molecule has 0 N–H and O–H groups in total. The van der Waals surface area contributed by atoms with Crippen molar-refractivity contribution in [3.63, 3.8) is 0 Å². The molecule has 0 aliphatic rings. The fourth-order valence-electron chi connectivity index (χ4n) is 6.30. The third-order valence-electron chi connectivity index (χ3n) is 8.64. The van der Waals surface area contributed by atoms with E-state index in [2.05, 4.69) is 140 Å². The van der Waals surface area contributed by atoms with Gasteiger partial charge in [0.05, 0.1) is 5.69 Å². The van der Waals surface area contributed by atoms with Crippen molar-refractivity contribution >= 4 is 0 Å². The topological polar surface area (TPSA) is 30.7 Å². The molecule has 0 fully saturated rings. The average molecular weight is 556 g/mol. The summed E-state index contributed by atoms with van der Waals surface area (Å²) in [5.41, 5.74) is 14.7. The van der Waals surface area contributed by atoms with Crippen LogP contribution in [0.2, 0.25) is 0 Å². The Kier molecular flexibility index (Phi) is 8.23. The summed E-state index contributed by atoms with van der Waals surface area (Å²) in [6.45, 7) is 20.0. The summed E-state index contributed by atoms with van der Waals surface area (Å²) in [7, 11) is 0. The SMILES string of the molecule is CCCCC(C)(C)c1nnc(-c2ccc(-c3ccc(C)cc3C)c(-c3ccc(C)cc3C)c2)n1-c1ccc(C)cc1C. The molecule has 1 aromatic heterocycles. The predicted molar refractivity (Wildman–Crippen MR) is 179 cm³/mol. The maximum Gasteiger partial charge on any atom is 0.168 e. The molecule has 0 aliphatic carbocycles. The summed E-state index contributed by atoms with van der Waals surface area (Å²) < 4.78 is 2.32. The predicted octanol–water partition coefficient (Wildman–Crippen LogP) is 10.6. The molecule has 0 atom stereocenters. The van der Waals surface area contributed by atoms with Crippen LogP contribution >= 0.6 is 0 Å². The first-order valence-electron chi connectivity index (χ1n) is 15.3. The number of nitrogens with zero attached hydrogens (tertiary/aromatic N) is 3. The lowest BCUT2D eigenvalue weighted by molar-refractivity contribution is 0.425. The molecule has 0 amide bonds. The largest absolute Gasteiger partial charge is 0.278 e. The Balaban J connectivity index is 1.79. The van der Waals surface area contributed by atoms with Gasteiger partial charge in [0.1, 0.15) is 5.82 Å². The van der Waals surface area contributed by atoms with Crippen LogP contribution in [-0.4, -0.2) is 14.8 Å². The van der Waals surface area contributed by atoms with Gasteiger partial charge >= 0.3 is 0 Å². The number of hydrogen-bond donors (Lipinski definition) is 0. The summed E-state index contributed by atoms with van der Waals surface area (Å²) in [5, 5.41) is 9.82. The molecule has 0 saturated carbocycles. The Bertz CT molecular complexity index is 1750. The second kappa shape index (κ2) is 11.7. The van der Waals surface area contributed by atoms with Gasteiger partial charge < -0.3 is 0 Å². The highest BCUT2D eigenvalue weighted by Crippen LogP contribution is 2.40. The summed E-state index contributed by atoms with van der Waals surface area (Å²) >= 11 is 0. The molecule has 4 aromatic carbocycles. The standard InChI is InChI=1S/C39H45N3/c1-10-11-20-39(8,9)38-41-40-37(42(38)36-19-14-27(4)23-30(36)7)31-15-18-34(32-16-12-25(2)21-28(32)5)35(24-31)33-17-13-26(3)22-29(33)6/h12-19,21-24H,10-11,20H2,1-9H3. The van der Waals surface area contributed by atoms with Gasteiger partial charge in [0.25, 0.3) is 0 Å². The second-order valence-corrected chi connectivity index (χ2v) is 12.9. The van der Waals surface area contributed by atoms with Gasteiger partial charge in [-0.05, 0) is 99.0 Å². The van der Waals surface area contributed by atoms with E-state index in [1.807, 2.05) is 0 Å². The van der Waals surface area contributed by atoms with Crippen LogP contribution in [0.3, 0.4) is 0 Å². The fraction of sp³-hybridized carbons (Fsp3) is 0.333. The number of unbranched alkanes of at least 4 members (excludes halogenated alkanes) is 1. The third kappa shape index (κ3) is 5.70. The van der Waals surface area contributed by atoms with Crippen LogP contribution in [-0.2, 0) is 5.41 Å². The van der Waals surface area contributed by atoms with E-state index in [-0.39, 0.29) is 5.41 Å². The summed E-state index contributed by atoms with van der Waals surface area (Å²) in [6.07, 6.45) is 3.38. The Hall–Kier alpha value is -3.98. The minimum Gasteiger partial charge on any atom is -0.278 e. The molecule has 42 heavy (non-hydrogen) atoms. The average Bonchev–Trinajstić information content (AvgIpc) is 3.38. The van der Waals surface area contributed by atoms with Crippen molar-refractivity contribution in [2.24, 2.45) is 0 Å². The van der Waals surface area contributed by atoms with E-state index >= 15 is 0 Å². The zero-order valence-corrected chi connectivity index (χ0v) is 26.9. The van der Waals surface area contributed by atoms with Gasteiger partial charge in [-0.15, -0.1) is 10.2 Å². The van der Waals surface area contributed by atoms with Crippen LogP contribution < -0.4 is 0 Å².